The summed E-state index contributed by atoms with van der Waals surface area (Å²) in [5.41, 5.74) is 5.64. The summed E-state index contributed by atoms with van der Waals surface area (Å²) in [5.74, 6) is 0.0322. The van der Waals surface area contributed by atoms with Crippen LogP contribution in [0.5, 0.6) is 0 Å². The van der Waals surface area contributed by atoms with Crippen LogP contribution in [0.4, 0.5) is 0 Å². The van der Waals surface area contributed by atoms with E-state index in [-0.39, 0.29) is 11.9 Å². The summed E-state index contributed by atoms with van der Waals surface area (Å²) in [4.78, 5) is 14.8. The van der Waals surface area contributed by atoms with Crippen LogP contribution in [0.25, 0.3) is 0 Å². The first kappa shape index (κ1) is 15.7. The highest BCUT2D eigenvalue weighted by Crippen LogP contribution is 2.26. The summed E-state index contributed by atoms with van der Waals surface area (Å²) >= 11 is 0. The van der Waals surface area contributed by atoms with E-state index in [1.54, 1.807) is 0 Å². The second kappa shape index (κ2) is 6.87. The fourth-order valence-electron chi connectivity index (χ4n) is 3.18. The summed E-state index contributed by atoms with van der Waals surface area (Å²) in [7, 11) is 0. The van der Waals surface area contributed by atoms with Crippen LogP contribution in [0.2, 0.25) is 0 Å². The zero-order valence-corrected chi connectivity index (χ0v) is 12.9. The number of nitrogens with one attached hydrogen (secondary N) is 1. The first-order valence-corrected chi connectivity index (χ1v) is 7.94. The highest BCUT2D eigenvalue weighted by Gasteiger charge is 2.36. The maximum atomic E-state index is 12.4. The molecule has 3 N–H and O–H groups in total. The van der Waals surface area contributed by atoms with Gasteiger partial charge in [0.1, 0.15) is 0 Å². The summed E-state index contributed by atoms with van der Waals surface area (Å²) in [6.45, 7) is 7.69. The molecule has 0 bridgehead atoms. The molecule has 0 spiro atoms. The summed E-state index contributed by atoms with van der Waals surface area (Å²) in [6.07, 6.45) is 4.97. The largest absolute Gasteiger partial charge is 0.379 e. The molecular formula is C15H29N3O2. The van der Waals surface area contributed by atoms with Crippen molar-refractivity contribution in [2.24, 2.45) is 5.73 Å². The molecule has 1 aliphatic heterocycles. The maximum absolute atomic E-state index is 12.4. The monoisotopic (exact) mass is 283 g/mol. The minimum atomic E-state index is -0.642. The molecule has 1 heterocycles. The van der Waals surface area contributed by atoms with Crippen LogP contribution in [0.1, 0.15) is 46.0 Å². The van der Waals surface area contributed by atoms with E-state index in [9.17, 15) is 4.79 Å². The predicted octanol–water partition coefficient (Wildman–Crippen LogP) is 0.873. The van der Waals surface area contributed by atoms with Gasteiger partial charge in [0.05, 0.1) is 18.8 Å². The van der Waals surface area contributed by atoms with Gasteiger partial charge >= 0.3 is 0 Å². The maximum Gasteiger partial charge on any atom is 0.240 e. The number of rotatable bonds is 4. The van der Waals surface area contributed by atoms with Gasteiger partial charge in [0.25, 0.3) is 0 Å². The van der Waals surface area contributed by atoms with Crippen LogP contribution in [0, 0.1) is 0 Å². The third kappa shape index (κ3) is 3.71. The fraction of sp³-hybridized carbons (Fsp3) is 0.933. The lowest BCUT2D eigenvalue weighted by molar-refractivity contribution is -0.128. The average Bonchev–Trinajstić information content (AvgIpc) is 2.48. The number of nitrogens with zero attached hydrogens (tertiary/aromatic N) is 1. The second-order valence-corrected chi connectivity index (χ2v) is 6.37. The van der Waals surface area contributed by atoms with Crippen molar-refractivity contribution < 1.29 is 9.53 Å². The van der Waals surface area contributed by atoms with Crippen LogP contribution in [0.3, 0.4) is 0 Å². The van der Waals surface area contributed by atoms with Gasteiger partial charge in [-0.25, -0.2) is 0 Å². The molecule has 1 amide bonds. The number of carbonyl (C=O) groups excluding carboxylic acids is 1. The molecule has 0 aromatic heterocycles. The molecule has 0 aromatic carbocycles. The van der Waals surface area contributed by atoms with Crippen LogP contribution in [0.15, 0.2) is 0 Å². The lowest BCUT2D eigenvalue weighted by Gasteiger charge is -2.38. The minimum Gasteiger partial charge on any atom is -0.379 e. The Bertz CT molecular complexity index is 323. The molecule has 2 atom stereocenters. The Morgan fingerprint density at radius 3 is 2.40 bits per heavy atom. The van der Waals surface area contributed by atoms with Crippen molar-refractivity contribution in [3.8, 4) is 0 Å². The van der Waals surface area contributed by atoms with Gasteiger partial charge in [0.2, 0.25) is 5.91 Å². The van der Waals surface area contributed by atoms with E-state index < -0.39 is 5.54 Å². The Kier molecular flexibility index (Phi) is 5.41. The van der Waals surface area contributed by atoms with Crippen molar-refractivity contribution in [1.82, 2.24) is 10.2 Å². The van der Waals surface area contributed by atoms with Crippen molar-refractivity contribution in [2.45, 2.75) is 63.6 Å². The highest BCUT2D eigenvalue weighted by molar-refractivity contribution is 5.86. The molecule has 2 fully saturated rings. The molecule has 1 saturated carbocycles. The van der Waals surface area contributed by atoms with Gasteiger partial charge in [0, 0.05) is 25.2 Å². The molecule has 116 valence electrons. The van der Waals surface area contributed by atoms with Gasteiger partial charge < -0.3 is 15.8 Å². The molecule has 5 heteroatoms. The van der Waals surface area contributed by atoms with Crippen LogP contribution in [-0.4, -0.2) is 54.7 Å². The molecular weight excluding hydrogens is 254 g/mol. The summed E-state index contributed by atoms with van der Waals surface area (Å²) in [5, 5.41) is 3.14. The van der Waals surface area contributed by atoms with E-state index >= 15 is 0 Å². The van der Waals surface area contributed by atoms with E-state index in [0.29, 0.717) is 6.04 Å². The third-order valence-corrected chi connectivity index (χ3v) is 4.90. The molecule has 1 aliphatic carbocycles. The quantitative estimate of drug-likeness (QED) is 0.803. The standard InChI is InChI=1S/C15H29N3O2/c1-12(13(2)18-8-10-20-11-9-18)17-14(19)15(16)6-4-3-5-7-15/h12-13H,3-11,16H2,1-2H3,(H,17,19). The van der Waals surface area contributed by atoms with Crippen LogP contribution in [-0.2, 0) is 9.53 Å². The molecule has 2 aliphatic rings. The molecule has 2 unspecified atom stereocenters. The van der Waals surface area contributed by atoms with Crippen molar-refractivity contribution in [3.05, 3.63) is 0 Å². The van der Waals surface area contributed by atoms with E-state index in [0.717, 1.165) is 52.0 Å². The molecule has 5 nitrogen and oxygen atoms in total. The molecule has 20 heavy (non-hydrogen) atoms. The third-order valence-electron chi connectivity index (χ3n) is 4.90. The first-order chi connectivity index (χ1) is 9.53. The van der Waals surface area contributed by atoms with Crippen molar-refractivity contribution >= 4 is 5.91 Å². The Labute approximate surface area is 122 Å². The summed E-state index contributed by atoms with van der Waals surface area (Å²) in [6, 6.07) is 0.429. The number of morpholine rings is 1. The number of amides is 1. The molecule has 0 radical (unpaired) electrons. The number of hydrogen-bond acceptors (Lipinski definition) is 4. The number of hydrogen-bond donors (Lipinski definition) is 2. The zero-order chi connectivity index (χ0) is 14.6. The lowest BCUT2D eigenvalue weighted by atomic mass is 9.81. The Morgan fingerprint density at radius 1 is 1.20 bits per heavy atom. The SMILES string of the molecule is CC(NC(=O)C1(N)CCCCC1)C(C)N1CCOCC1. The average molecular weight is 283 g/mol. The normalized spacial score (nSPS) is 26.8. The molecule has 0 aromatic rings. The minimum absolute atomic E-state index is 0.0322. The number of ether oxygens (including phenoxy) is 1. The second-order valence-electron chi connectivity index (χ2n) is 6.37. The first-order valence-electron chi connectivity index (χ1n) is 7.94. The van der Waals surface area contributed by atoms with Crippen molar-refractivity contribution in [2.75, 3.05) is 26.3 Å². The van der Waals surface area contributed by atoms with Crippen molar-refractivity contribution in [3.63, 3.8) is 0 Å². The van der Waals surface area contributed by atoms with E-state index in [2.05, 4.69) is 24.1 Å². The van der Waals surface area contributed by atoms with Gasteiger partial charge in [-0.1, -0.05) is 19.3 Å². The van der Waals surface area contributed by atoms with Gasteiger partial charge in [-0.15, -0.1) is 0 Å². The summed E-state index contributed by atoms with van der Waals surface area (Å²) < 4.78 is 5.37. The molecule has 1 saturated heterocycles. The van der Waals surface area contributed by atoms with E-state index in [1.807, 2.05) is 0 Å². The van der Waals surface area contributed by atoms with Gasteiger partial charge in [0.15, 0.2) is 0 Å². The highest BCUT2D eigenvalue weighted by atomic mass is 16.5. The number of carbonyl (C=O) groups is 1. The smallest absolute Gasteiger partial charge is 0.240 e. The van der Waals surface area contributed by atoms with Crippen molar-refractivity contribution in [1.29, 1.82) is 0 Å². The van der Waals surface area contributed by atoms with Gasteiger partial charge in [-0.05, 0) is 26.7 Å². The molecule has 2 rings (SSSR count). The van der Waals surface area contributed by atoms with Gasteiger partial charge in [-0.2, -0.15) is 0 Å². The van der Waals surface area contributed by atoms with Crippen LogP contribution < -0.4 is 11.1 Å². The Balaban J connectivity index is 1.86. The van der Waals surface area contributed by atoms with E-state index in [1.165, 1.54) is 6.42 Å². The van der Waals surface area contributed by atoms with Crippen LogP contribution >= 0.6 is 0 Å². The lowest BCUT2D eigenvalue weighted by Crippen LogP contribution is -2.60. The predicted molar refractivity (Wildman–Crippen MR) is 79.5 cm³/mol. The topological polar surface area (TPSA) is 67.6 Å². The van der Waals surface area contributed by atoms with Gasteiger partial charge in [-0.3, -0.25) is 9.69 Å². The van der Waals surface area contributed by atoms with E-state index in [4.69, 9.17) is 10.5 Å². The Morgan fingerprint density at radius 2 is 1.80 bits per heavy atom. The fourth-order valence-corrected chi connectivity index (χ4v) is 3.18. The number of nitrogens with two attached hydrogens (primary N) is 1. The zero-order valence-electron chi connectivity index (χ0n) is 12.9. The Hall–Kier alpha value is -0.650.